The Morgan fingerprint density at radius 3 is 2.64 bits per heavy atom. The summed E-state index contributed by atoms with van der Waals surface area (Å²) < 4.78 is 23.8. The number of carbonyl (C=O) groups is 2. The normalized spacial score (nSPS) is 20.1. The van der Waals surface area contributed by atoms with Gasteiger partial charge >= 0.3 is 6.03 Å². The highest BCUT2D eigenvalue weighted by atomic mass is 32.2. The van der Waals surface area contributed by atoms with Crippen LogP contribution < -0.4 is 5.48 Å². The van der Waals surface area contributed by atoms with Crippen LogP contribution in [0.1, 0.15) is 37.4 Å². The molecule has 10 heteroatoms. The molecule has 4 rings (SSSR count). The smallest absolute Gasteiger partial charge is 0.318 e. The van der Waals surface area contributed by atoms with Crippen molar-refractivity contribution in [2.24, 2.45) is 11.8 Å². The van der Waals surface area contributed by atoms with Crippen LogP contribution in [0, 0.1) is 35.5 Å². The van der Waals surface area contributed by atoms with Crippen LogP contribution in [-0.4, -0.2) is 77.1 Å². The molecule has 2 amide bonds. The molecule has 2 aliphatic heterocycles. The second-order valence-electron chi connectivity index (χ2n) is 9.37. The first-order valence-electron chi connectivity index (χ1n) is 11.0. The molecule has 0 radical (unpaired) electrons. The first-order valence-corrected chi connectivity index (χ1v) is 12.9. The maximum absolute atomic E-state index is 12.7. The number of fused-ring (bicyclic) bond motifs is 1. The van der Waals surface area contributed by atoms with E-state index in [-0.39, 0.29) is 25.5 Å². The number of carbonyl (C=O) groups excluding carboxylic acids is 2. The van der Waals surface area contributed by atoms with Gasteiger partial charge in [-0.1, -0.05) is 11.8 Å². The van der Waals surface area contributed by atoms with E-state index in [1.165, 1.54) is 41.3 Å². The summed E-state index contributed by atoms with van der Waals surface area (Å²) in [5, 5.41) is 8.93. The van der Waals surface area contributed by atoms with Crippen LogP contribution in [0.5, 0.6) is 0 Å². The second-order valence-corrected chi connectivity index (χ2v) is 11.8. The SMILES string of the molecule is CC(CCN1Cc2cc(C#CC#CC3CN(CC4CC4)C3)cn2C1=O)(C(=O)NO)S(C)(=O)=O. The fourth-order valence-corrected chi connectivity index (χ4v) is 4.96. The quantitative estimate of drug-likeness (QED) is 0.343. The molecule has 1 saturated heterocycles. The number of nitrogens with one attached hydrogen (secondary N) is 1. The van der Waals surface area contributed by atoms with E-state index in [0.29, 0.717) is 11.5 Å². The number of amides is 2. The molecule has 1 saturated carbocycles. The zero-order chi connectivity index (χ0) is 23.8. The van der Waals surface area contributed by atoms with E-state index in [9.17, 15) is 18.0 Å². The Hall–Kier alpha value is -2.79. The molecule has 1 aromatic rings. The van der Waals surface area contributed by atoms with E-state index in [0.717, 1.165) is 31.0 Å². The van der Waals surface area contributed by atoms with E-state index in [2.05, 4.69) is 28.6 Å². The number of hydrogen-bond donors (Lipinski definition) is 2. The number of aromatic nitrogens is 1. The fourth-order valence-electron chi connectivity index (χ4n) is 4.12. The minimum Gasteiger partial charge on any atom is -0.318 e. The van der Waals surface area contributed by atoms with Gasteiger partial charge in [0.15, 0.2) is 14.6 Å². The zero-order valence-electron chi connectivity index (χ0n) is 18.8. The summed E-state index contributed by atoms with van der Waals surface area (Å²) in [6.07, 6.45) is 5.16. The van der Waals surface area contributed by atoms with Crippen LogP contribution >= 0.6 is 0 Å². The van der Waals surface area contributed by atoms with Gasteiger partial charge in [0.2, 0.25) is 0 Å². The monoisotopic (exact) mass is 472 g/mol. The summed E-state index contributed by atoms with van der Waals surface area (Å²) in [5.74, 6) is 12.2. The molecule has 0 bridgehead atoms. The van der Waals surface area contributed by atoms with Crippen molar-refractivity contribution >= 4 is 21.8 Å². The summed E-state index contributed by atoms with van der Waals surface area (Å²) in [5.41, 5.74) is 2.84. The number of likely N-dealkylation sites (tertiary alicyclic amines) is 1. The lowest BCUT2D eigenvalue weighted by Gasteiger charge is -2.36. The van der Waals surface area contributed by atoms with Crippen molar-refractivity contribution < 1.29 is 23.2 Å². The predicted octanol–water partition coefficient (Wildman–Crippen LogP) is 0.667. The molecule has 2 N–H and O–H groups in total. The lowest BCUT2D eigenvalue weighted by molar-refractivity contribution is -0.131. The van der Waals surface area contributed by atoms with Crippen molar-refractivity contribution in [3.05, 3.63) is 23.5 Å². The molecule has 3 heterocycles. The lowest BCUT2D eigenvalue weighted by atomic mass is 10.0. The lowest BCUT2D eigenvalue weighted by Crippen LogP contribution is -2.50. The zero-order valence-corrected chi connectivity index (χ0v) is 19.6. The maximum Gasteiger partial charge on any atom is 0.328 e. The van der Waals surface area contributed by atoms with Crippen molar-refractivity contribution in [3.63, 3.8) is 0 Å². The number of rotatable bonds is 7. The molecule has 33 heavy (non-hydrogen) atoms. The highest BCUT2D eigenvalue weighted by molar-refractivity contribution is 7.92. The highest BCUT2D eigenvalue weighted by Gasteiger charge is 2.44. The molecule has 1 aromatic heterocycles. The summed E-state index contributed by atoms with van der Waals surface area (Å²) in [4.78, 5) is 28.6. The van der Waals surface area contributed by atoms with Crippen molar-refractivity contribution in [1.82, 2.24) is 19.8 Å². The van der Waals surface area contributed by atoms with Gasteiger partial charge in [-0.15, -0.1) is 0 Å². The van der Waals surface area contributed by atoms with Crippen molar-refractivity contribution in [3.8, 4) is 23.7 Å². The van der Waals surface area contributed by atoms with Gasteiger partial charge in [-0.25, -0.2) is 18.7 Å². The second kappa shape index (κ2) is 8.86. The van der Waals surface area contributed by atoms with Crippen LogP contribution in [0.4, 0.5) is 4.79 Å². The van der Waals surface area contributed by atoms with Crippen LogP contribution in [0.3, 0.4) is 0 Å². The highest BCUT2D eigenvalue weighted by Crippen LogP contribution is 2.31. The molecule has 0 aromatic carbocycles. The van der Waals surface area contributed by atoms with E-state index in [1.54, 1.807) is 6.20 Å². The molecule has 176 valence electrons. The third-order valence-corrected chi connectivity index (χ3v) is 8.73. The summed E-state index contributed by atoms with van der Waals surface area (Å²) in [6, 6.07) is 1.50. The standard InChI is InChI=1S/C23H28N4O5S/c1-23(21(28)24-30,33(2,31)32)9-10-26-16-20-11-18(15-27(20)22(26)29)5-3-4-6-19-13-25(14-19)12-17-7-8-17/h11,15,17,19,30H,7-10,12-14,16H2,1-2H3,(H,24,28). The molecule has 1 aliphatic carbocycles. The third kappa shape index (κ3) is 4.93. The number of sulfone groups is 1. The average Bonchev–Trinajstić information content (AvgIpc) is 3.40. The van der Waals surface area contributed by atoms with Gasteiger partial charge in [-0.3, -0.25) is 14.6 Å². The Morgan fingerprint density at radius 2 is 2.03 bits per heavy atom. The average molecular weight is 473 g/mol. The van der Waals surface area contributed by atoms with Crippen LogP contribution in [0.2, 0.25) is 0 Å². The van der Waals surface area contributed by atoms with Crippen molar-refractivity contribution in [2.75, 3.05) is 32.4 Å². The van der Waals surface area contributed by atoms with Gasteiger partial charge in [-0.05, 0) is 50.0 Å². The minimum absolute atomic E-state index is 0.0448. The molecule has 2 fully saturated rings. The summed E-state index contributed by atoms with van der Waals surface area (Å²) in [7, 11) is -3.82. The molecular weight excluding hydrogens is 444 g/mol. The maximum atomic E-state index is 12.7. The van der Waals surface area contributed by atoms with E-state index in [4.69, 9.17) is 5.21 Å². The van der Waals surface area contributed by atoms with Crippen molar-refractivity contribution in [1.29, 1.82) is 0 Å². The molecule has 1 atom stereocenters. The van der Waals surface area contributed by atoms with E-state index in [1.807, 2.05) is 6.07 Å². The third-order valence-electron chi connectivity index (χ3n) is 6.70. The Balaban J connectivity index is 1.31. The van der Waals surface area contributed by atoms with Gasteiger partial charge < -0.3 is 9.80 Å². The Bertz CT molecular complexity index is 1190. The molecule has 0 spiro atoms. The number of hydroxylamine groups is 1. The van der Waals surface area contributed by atoms with Gasteiger partial charge in [0.25, 0.3) is 5.91 Å². The Kier molecular flexibility index (Phi) is 6.28. The molecule has 3 aliphatic rings. The predicted molar refractivity (Wildman–Crippen MR) is 121 cm³/mol. The largest absolute Gasteiger partial charge is 0.328 e. The van der Waals surface area contributed by atoms with Gasteiger partial charge in [0.1, 0.15) is 0 Å². The molecule has 1 unspecified atom stereocenters. The number of hydrogen-bond acceptors (Lipinski definition) is 6. The Morgan fingerprint density at radius 1 is 1.30 bits per heavy atom. The van der Waals surface area contributed by atoms with Gasteiger partial charge in [-0.2, -0.15) is 0 Å². The number of nitrogens with zero attached hydrogens (tertiary/aromatic N) is 3. The first-order chi connectivity index (χ1) is 15.6. The van der Waals surface area contributed by atoms with Gasteiger partial charge in [0.05, 0.1) is 6.54 Å². The van der Waals surface area contributed by atoms with Crippen LogP contribution in [0.15, 0.2) is 12.3 Å². The van der Waals surface area contributed by atoms with E-state index >= 15 is 0 Å². The Labute approximate surface area is 194 Å². The van der Waals surface area contributed by atoms with Gasteiger partial charge in [0, 0.05) is 55.8 Å². The van der Waals surface area contributed by atoms with Crippen LogP contribution in [0.25, 0.3) is 0 Å². The summed E-state index contributed by atoms with van der Waals surface area (Å²) >= 11 is 0. The topological polar surface area (TPSA) is 112 Å². The molecular formula is C23H28N4O5S. The summed E-state index contributed by atoms with van der Waals surface area (Å²) in [6.45, 7) is 4.81. The van der Waals surface area contributed by atoms with E-state index < -0.39 is 20.5 Å². The molecule has 9 nitrogen and oxygen atoms in total. The van der Waals surface area contributed by atoms with Crippen LogP contribution in [-0.2, 0) is 21.2 Å². The first kappa shape index (κ1) is 23.4. The van der Waals surface area contributed by atoms with Crippen molar-refractivity contribution in [2.45, 2.75) is 37.5 Å². The fraction of sp³-hybridized carbons (Fsp3) is 0.565. The minimum atomic E-state index is -3.82.